The van der Waals surface area contributed by atoms with Crippen molar-refractivity contribution in [2.45, 2.75) is 45.6 Å². The number of hydrogen-bond acceptors (Lipinski definition) is 8. The van der Waals surface area contributed by atoms with Gasteiger partial charge >= 0.3 is 5.89 Å². The van der Waals surface area contributed by atoms with E-state index in [1.165, 1.54) is 0 Å². The molecule has 4 aromatic carbocycles. The van der Waals surface area contributed by atoms with Gasteiger partial charge < -0.3 is 18.6 Å². The van der Waals surface area contributed by atoms with Crippen LogP contribution in [0, 0.1) is 0 Å². The molecule has 1 aromatic heterocycles. The molecule has 0 aliphatic carbocycles. The van der Waals surface area contributed by atoms with Crippen LogP contribution in [0.3, 0.4) is 0 Å². The van der Waals surface area contributed by atoms with Crippen LogP contribution < -0.4 is 14.2 Å². The van der Waals surface area contributed by atoms with E-state index in [0.29, 0.717) is 55.5 Å². The van der Waals surface area contributed by atoms with Crippen LogP contribution >= 0.6 is 0 Å². The van der Waals surface area contributed by atoms with Crippen LogP contribution in [0.4, 0.5) is 5.69 Å². The van der Waals surface area contributed by atoms with Gasteiger partial charge in [0.15, 0.2) is 12.3 Å². The zero-order valence-electron chi connectivity index (χ0n) is 29.3. The normalized spacial score (nSPS) is 14.0. The minimum Gasteiger partial charge on any atom is -0.748 e. The first-order valence-electron chi connectivity index (χ1n) is 16.9. The minimum absolute atomic E-state index is 0. The van der Waals surface area contributed by atoms with E-state index < -0.39 is 26.0 Å². The first-order chi connectivity index (χ1) is 24.5. The fourth-order valence-electron chi connectivity index (χ4n) is 6.16. The second-order valence-electron chi connectivity index (χ2n) is 12.5. The molecule has 1 N–H and O–H groups in total. The number of nitrogens with zero attached hydrogens (tertiary/aromatic N) is 2. The Morgan fingerprint density at radius 3 is 2.08 bits per heavy atom. The number of fused-ring (bicyclic) bond motifs is 2. The summed E-state index contributed by atoms with van der Waals surface area (Å²) in [6.07, 6.45) is 5.97. The fourth-order valence-corrected chi connectivity index (χ4v) is 7.29. The molecule has 267 valence electrons. The maximum atomic E-state index is 11.4. The summed E-state index contributed by atoms with van der Waals surface area (Å²) in [7, 11) is -8.40. The van der Waals surface area contributed by atoms with Gasteiger partial charge in [0.2, 0.25) is 11.5 Å². The van der Waals surface area contributed by atoms with Crippen molar-refractivity contribution in [3.05, 3.63) is 120 Å². The smallest absolute Gasteiger partial charge is 0.374 e. The summed E-state index contributed by atoms with van der Waals surface area (Å²) in [6.45, 7) is 2.91. The van der Waals surface area contributed by atoms with Crippen LogP contribution in [-0.2, 0) is 26.8 Å². The van der Waals surface area contributed by atoms with Gasteiger partial charge in [0.25, 0.3) is 15.6 Å². The van der Waals surface area contributed by atoms with Gasteiger partial charge in [-0.1, -0.05) is 79.7 Å². The first-order valence-corrected chi connectivity index (χ1v) is 20.1. The van der Waals surface area contributed by atoms with E-state index in [2.05, 4.69) is 12.1 Å². The molecule has 52 heavy (non-hydrogen) atoms. The van der Waals surface area contributed by atoms with Crippen LogP contribution in [0.2, 0.25) is 0 Å². The predicted molar refractivity (Wildman–Crippen MR) is 203 cm³/mol. The number of benzene rings is 4. The Morgan fingerprint density at radius 1 is 0.808 bits per heavy atom. The van der Waals surface area contributed by atoms with Gasteiger partial charge in [-0.2, -0.15) is 13.0 Å². The number of oxazole rings is 1. The number of rotatable bonds is 15. The quantitative estimate of drug-likeness (QED) is 0.0509. The zero-order chi connectivity index (χ0) is 36.0. The number of unbranched alkanes of at least 4 members (excludes halogenated alkanes) is 2. The number of anilines is 1. The van der Waals surface area contributed by atoms with E-state index in [0.717, 1.165) is 39.0 Å². The molecule has 0 atom stereocenters. The summed E-state index contributed by atoms with van der Waals surface area (Å²) < 4.78 is 80.8. The molecule has 2 heterocycles. The second kappa shape index (κ2) is 17.4. The molecule has 0 amide bonds. The summed E-state index contributed by atoms with van der Waals surface area (Å²) in [4.78, 5) is 2.01. The standard InChI is InChI=1S/C39H40N2O8S2.Na/c1-2-29(25-38-40(21-9-11-23-50(42,43)44)34-27-32(17-19-36(34)48-38)30-13-5-3-6-14-30)26-39-41(22-10-12-24-51(45,46)47)35-28-33(18-20-37(35)49-39)31-15-7-4-8-16-31;/h3-8,13-20,25-28H,2,9-12,21-24H2,1H3,(H-,42,43,44,45,46,47);. The minimum atomic E-state index is -4.32. The molecule has 0 saturated heterocycles. The molecule has 0 saturated carbocycles. The summed E-state index contributed by atoms with van der Waals surface area (Å²) in [5.41, 5.74) is 7.37. The average Bonchev–Trinajstić information content (AvgIpc) is 3.63. The Bertz CT molecular complexity index is 2290. The third-order valence-corrected chi connectivity index (χ3v) is 10.4. The third-order valence-electron chi connectivity index (χ3n) is 8.76. The van der Waals surface area contributed by atoms with Gasteiger partial charge in [0.05, 0.1) is 27.6 Å². The second-order valence-corrected chi connectivity index (χ2v) is 15.6. The van der Waals surface area contributed by atoms with E-state index >= 15 is 0 Å². The molecule has 1 aliphatic rings. The Morgan fingerprint density at radius 2 is 1.44 bits per heavy atom. The van der Waals surface area contributed by atoms with E-state index in [1.807, 2.05) is 113 Å². The number of aromatic nitrogens is 1. The Kier molecular flexibility index (Phi) is 13.2. The monoisotopic (exact) mass is 751 g/mol. The van der Waals surface area contributed by atoms with E-state index in [-0.39, 0.29) is 48.2 Å². The van der Waals surface area contributed by atoms with Crippen LogP contribution in [0.25, 0.3) is 39.4 Å². The molecule has 13 heteroatoms. The molecule has 5 aromatic rings. The van der Waals surface area contributed by atoms with Gasteiger partial charge in [-0.05, 0) is 71.7 Å². The van der Waals surface area contributed by atoms with Crippen LogP contribution in [0.15, 0.2) is 119 Å². The maximum absolute atomic E-state index is 11.4. The van der Waals surface area contributed by atoms with Crippen molar-refractivity contribution in [2.75, 3.05) is 23.0 Å². The SMILES string of the molecule is CCC(=C/c1oc2ccc(-c3ccccc3)cc2[n+]1CCCCS(=O)(=O)O)/C=C1/Oc2ccc(-c3ccccc3)cc2N1CCCCS(=O)(=O)[O-].[Na]. The number of aryl methyl sites for hydroxylation is 1. The van der Waals surface area contributed by atoms with E-state index in [4.69, 9.17) is 9.15 Å². The van der Waals surface area contributed by atoms with Gasteiger partial charge in [-0.25, -0.2) is 8.42 Å². The van der Waals surface area contributed by atoms with Crippen molar-refractivity contribution in [1.82, 2.24) is 0 Å². The summed E-state index contributed by atoms with van der Waals surface area (Å²) >= 11 is 0. The summed E-state index contributed by atoms with van der Waals surface area (Å²) in [6, 6.07) is 31.9. The van der Waals surface area contributed by atoms with Crippen LogP contribution in [0.5, 0.6) is 5.75 Å². The zero-order valence-corrected chi connectivity index (χ0v) is 32.9. The molecule has 10 nitrogen and oxygen atoms in total. The molecule has 1 radical (unpaired) electrons. The van der Waals surface area contributed by atoms with Gasteiger partial charge in [0.1, 0.15) is 0 Å². The average molecular weight is 752 g/mol. The Hall–Kier alpha value is -3.75. The van der Waals surface area contributed by atoms with Crippen molar-refractivity contribution < 1.29 is 39.7 Å². The summed E-state index contributed by atoms with van der Waals surface area (Å²) in [5, 5.41) is 0. The van der Waals surface area contributed by atoms with Gasteiger partial charge in [-0.3, -0.25) is 4.55 Å². The summed E-state index contributed by atoms with van der Waals surface area (Å²) in [5.74, 6) is 1.05. The molecule has 0 unspecified atom stereocenters. The van der Waals surface area contributed by atoms with E-state index in [1.54, 1.807) is 0 Å². The van der Waals surface area contributed by atoms with Gasteiger partial charge in [-0.15, -0.1) is 0 Å². The fraction of sp³-hybridized carbons (Fsp3) is 0.256. The predicted octanol–water partition coefficient (Wildman–Crippen LogP) is 7.20. The van der Waals surface area contributed by atoms with E-state index in [9.17, 15) is 25.9 Å². The Labute approximate surface area is 327 Å². The molecule has 0 bridgehead atoms. The number of allylic oxidation sites excluding steroid dienone is 2. The Balaban J connectivity index is 0.00000523. The van der Waals surface area contributed by atoms with Crippen LogP contribution in [-0.4, -0.2) is 73.5 Å². The maximum Gasteiger partial charge on any atom is 0.374 e. The van der Waals surface area contributed by atoms with Gasteiger partial charge in [0, 0.05) is 60.4 Å². The largest absolute Gasteiger partial charge is 0.748 e. The van der Waals surface area contributed by atoms with Crippen molar-refractivity contribution in [3.8, 4) is 28.0 Å². The number of hydrogen-bond donors (Lipinski definition) is 1. The molecular weight excluding hydrogens is 712 g/mol. The van der Waals surface area contributed by atoms with Crippen molar-refractivity contribution >= 4 is 72.7 Å². The molecular formula is C39H40N2NaO8S2. The van der Waals surface area contributed by atoms with Crippen molar-refractivity contribution in [3.63, 3.8) is 0 Å². The first kappa shape index (κ1) is 39.5. The van der Waals surface area contributed by atoms with Crippen molar-refractivity contribution in [1.29, 1.82) is 0 Å². The van der Waals surface area contributed by atoms with Crippen LogP contribution in [0.1, 0.15) is 44.9 Å². The molecule has 0 spiro atoms. The molecule has 0 fully saturated rings. The third kappa shape index (κ3) is 10.2. The van der Waals surface area contributed by atoms with Crippen molar-refractivity contribution in [2.24, 2.45) is 0 Å². The topological polar surface area (TPSA) is 141 Å². The number of ether oxygens (including phenoxy) is 1. The molecule has 1 aliphatic heterocycles. The molecule has 6 rings (SSSR count).